The molecule has 2 aromatic carbocycles. The monoisotopic (exact) mass is 358 g/mol. The van der Waals surface area contributed by atoms with Gasteiger partial charge in [-0.1, -0.05) is 42.5 Å². The van der Waals surface area contributed by atoms with E-state index in [9.17, 15) is 4.39 Å². The van der Waals surface area contributed by atoms with Gasteiger partial charge in [0.05, 0.1) is 11.7 Å². The van der Waals surface area contributed by atoms with Crippen LogP contribution in [0.5, 0.6) is 0 Å². The molecule has 0 spiro atoms. The van der Waals surface area contributed by atoms with E-state index >= 15 is 0 Å². The second kappa shape index (κ2) is 7.41. The van der Waals surface area contributed by atoms with Gasteiger partial charge in [-0.15, -0.1) is 0 Å². The Morgan fingerprint density at radius 1 is 0.926 bits per heavy atom. The second-order valence-electron chi connectivity index (χ2n) is 6.33. The molecule has 4 nitrogen and oxygen atoms in total. The van der Waals surface area contributed by atoms with Crippen LogP contribution >= 0.6 is 0 Å². The summed E-state index contributed by atoms with van der Waals surface area (Å²) in [6.45, 7) is 2.08. The first-order chi connectivity index (χ1) is 13.2. The molecule has 2 aromatic heterocycles. The zero-order valence-corrected chi connectivity index (χ0v) is 14.9. The maximum atomic E-state index is 13.2. The van der Waals surface area contributed by atoms with Crippen LogP contribution in [0.25, 0.3) is 22.4 Å². The van der Waals surface area contributed by atoms with Gasteiger partial charge in [-0.05, 0) is 36.2 Å². The van der Waals surface area contributed by atoms with Crippen molar-refractivity contribution in [3.05, 3.63) is 90.6 Å². The zero-order chi connectivity index (χ0) is 18.6. The summed E-state index contributed by atoms with van der Waals surface area (Å²) in [5.41, 5.74) is 4.81. The Hall–Kier alpha value is -3.47. The van der Waals surface area contributed by atoms with Crippen LogP contribution in [0, 0.1) is 5.82 Å². The van der Waals surface area contributed by atoms with Gasteiger partial charge >= 0.3 is 0 Å². The van der Waals surface area contributed by atoms with Gasteiger partial charge < -0.3 is 10.3 Å². The largest absolute Gasteiger partial charge is 0.366 e. The van der Waals surface area contributed by atoms with Crippen molar-refractivity contribution in [1.29, 1.82) is 0 Å². The van der Waals surface area contributed by atoms with Gasteiger partial charge in [0.25, 0.3) is 0 Å². The van der Waals surface area contributed by atoms with Crippen molar-refractivity contribution in [3.63, 3.8) is 0 Å². The molecule has 0 unspecified atom stereocenters. The molecule has 4 rings (SSSR count). The average Bonchev–Trinajstić information content (AvgIpc) is 3.19. The molecule has 27 heavy (non-hydrogen) atoms. The third-order valence-electron chi connectivity index (χ3n) is 4.48. The molecule has 0 saturated heterocycles. The summed E-state index contributed by atoms with van der Waals surface area (Å²) in [5.74, 6) is 0.314. The molecule has 2 heterocycles. The number of nitrogens with zero attached hydrogens (tertiary/aromatic N) is 2. The molecule has 0 aliphatic rings. The summed E-state index contributed by atoms with van der Waals surface area (Å²) in [4.78, 5) is 12.1. The predicted octanol–water partition coefficient (Wildman–Crippen LogP) is 5.45. The van der Waals surface area contributed by atoms with E-state index in [4.69, 9.17) is 0 Å². The van der Waals surface area contributed by atoms with Crippen LogP contribution in [0.2, 0.25) is 0 Å². The molecule has 0 saturated carbocycles. The average molecular weight is 358 g/mol. The van der Waals surface area contributed by atoms with Crippen LogP contribution in [0.1, 0.15) is 18.5 Å². The highest BCUT2D eigenvalue weighted by atomic mass is 19.1. The van der Waals surface area contributed by atoms with Crippen molar-refractivity contribution in [1.82, 2.24) is 15.0 Å². The predicted molar refractivity (Wildman–Crippen MR) is 106 cm³/mol. The van der Waals surface area contributed by atoms with Crippen LogP contribution in [0.15, 0.2) is 79.3 Å². The van der Waals surface area contributed by atoms with Gasteiger partial charge in [0.2, 0.25) is 5.95 Å². The van der Waals surface area contributed by atoms with Crippen molar-refractivity contribution in [2.24, 2.45) is 0 Å². The van der Waals surface area contributed by atoms with E-state index in [1.807, 2.05) is 36.7 Å². The highest BCUT2D eigenvalue weighted by Crippen LogP contribution is 2.31. The Bertz CT molecular complexity index is 1030. The lowest BCUT2D eigenvalue weighted by molar-refractivity contribution is 0.628. The van der Waals surface area contributed by atoms with Gasteiger partial charge in [-0.25, -0.2) is 14.4 Å². The highest BCUT2D eigenvalue weighted by Gasteiger charge is 2.12. The number of aromatic amines is 1. The third-order valence-corrected chi connectivity index (χ3v) is 4.48. The molecule has 0 amide bonds. The number of halogens is 1. The zero-order valence-electron chi connectivity index (χ0n) is 14.9. The summed E-state index contributed by atoms with van der Waals surface area (Å²) < 4.78 is 13.2. The number of H-pyrrole nitrogens is 1. The van der Waals surface area contributed by atoms with Crippen molar-refractivity contribution < 1.29 is 4.39 Å². The lowest BCUT2D eigenvalue weighted by Crippen LogP contribution is -2.09. The third kappa shape index (κ3) is 3.72. The van der Waals surface area contributed by atoms with E-state index < -0.39 is 0 Å². The van der Waals surface area contributed by atoms with Crippen LogP contribution in [-0.2, 0) is 0 Å². The van der Waals surface area contributed by atoms with E-state index in [-0.39, 0.29) is 11.9 Å². The van der Waals surface area contributed by atoms with Crippen LogP contribution in [0.4, 0.5) is 10.3 Å². The smallest absolute Gasteiger partial charge is 0.223 e. The summed E-state index contributed by atoms with van der Waals surface area (Å²) in [6, 6.07) is 18.6. The van der Waals surface area contributed by atoms with Gasteiger partial charge in [0, 0.05) is 29.7 Å². The van der Waals surface area contributed by atoms with Crippen molar-refractivity contribution in [3.8, 4) is 22.4 Å². The Morgan fingerprint density at radius 3 is 2.44 bits per heavy atom. The topological polar surface area (TPSA) is 53.6 Å². The first kappa shape index (κ1) is 17.0. The molecule has 134 valence electrons. The quantitative estimate of drug-likeness (QED) is 0.499. The van der Waals surface area contributed by atoms with E-state index in [1.165, 1.54) is 17.7 Å². The van der Waals surface area contributed by atoms with Crippen LogP contribution in [-0.4, -0.2) is 15.0 Å². The summed E-state index contributed by atoms with van der Waals surface area (Å²) in [6.07, 6.45) is 5.53. The number of nitrogens with one attached hydrogen (secondary N) is 2. The summed E-state index contributed by atoms with van der Waals surface area (Å²) in [5, 5.41) is 3.35. The van der Waals surface area contributed by atoms with Crippen LogP contribution < -0.4 is 5.32 Å². The second-order valence-corrected chi connectivity index (χ2v) is 6.33. The number of benzene rings is 2. The Balaban J connectivity index is 1.62. The Labute approximate surface area is 157 Å². The molecule has 0 fully saturated rings. The minimum absolute atomic E-state index is 0.0873. The summed E-state index contributed by atoms with van der Waals surface area (Å²) in [7, 11) is 0. The van der Waals surface area contributed by atoms with Crippen molar-refractivity contribution >= 4 is 5.95 Å². The fourth-order valence-electron chi connectivity index (χ4n) is 3.04. The maximum absolute atomic E-state index is 13.2. The number of rotatable bonds is 5. The Kier molecular flexibility index (Phi) is 4.66. The lowest BCUT2D eigenvalue weighted by atomic mass is 10.0. The first-order valence-corrected chi connectivity index (χ1v) is 8.78. The van der Waals surface area contributed by atoms with E-state index in [2.05, 4.69) is 39.3 Å². The molecule has 1 atom stereocenters. The normalized spacial score (nSPS) is 11.9. The van der Waals surface area contributed by atoms with Gasteiger partial charge in [0.1, 0.15) is 5.82 Å². The molecule has 4 aromatic rings. The van der Waals surface area contributed by atoms with Crippen molar-refractivity contribution in [2.45, 2.75) is 13.0 Å². The molecular formula is C22H19FN4. The van der Waals surface area contributed by atoms with Gasteiger partial charge in [-0.3, -0.25) is 0 Å². The molecule has 5 heteroatoms. The van der Waals surface area contributed by atoms with Crippen LogP contribution in [0.3, 0.4) is 0 Å². The van der Waals surface area contributed by atoms with E-state index in [0.29, 0.717) is 5.95 Å². The molecule has 0 aliphatic carbocycles. The molecule has 0 bridgehead atoms. The number of hydrogen-bond donors (Lipinski definition) is 2. The number of aromatic nitrogens is 3. The first-order valence-electron chi connectivity index (χ1n) is 8.78. The lowest BCUT2D eigenvalue weighted by Gasteiger charge is -2.14. The van der Waals surface area contributed by atoms with Gasteiger partial charge in [0.15, 0.2) is 0 Å². The van der Waals surface area contributed by atoms with E-state index in [0.717, 1.165) is 22.4 Å². The van der Waals surface area contributed by atoms with Crippen molar-refractivity contribution in [2.75, 3.05) is 5.32 Å². The minimum atomic E-state index is -0.251. The molecule has 0 aliphatic heterocycles. The SMILES string of the molecule is C[C@H](Nc1nccc(-c2c[nH]cc2-c2ccc(F)cc2)n1)c1ccccc1. The fourth-order valence-corrected chi connectivity index (χ4v) is 3.04. The molecular weight excluding hydrogens is 339 g/mol. The standard InChI is InChI=1S/C22H19FN4/c1-15(16-5-3-2-4-6-16)26-22-25-12-11-21(27-22)20-14-24-13-19(20)17-7-9-18(23)10-8-17/h2-15,24H,1H3,(H,25,26,27)/t15-/m0/s1. The number of hydrogen-bond acceptors (Lipinski definition) is 3. The highest BCUT2D eigenvalue weighted by molar-refractivity contribution is 5.81. The maximum Gasteiger partial charge on any atom is 0.223 e. The van der Waals surface area contributed by atoms with E-state index in [1.54, 1.807) is 18.3 Å². The minimum Gasteiger partial charge on any atom is -0.366 e. The van der Waals surface area contributed by atoms with Gasteiger partial charge in [-0.2, -0.15) is 0 Å². The summed E-state index contributed by atoms with van der Waals surface area (Å²) >= 11 is 0. The fraction of sp³-hybridized carbons (Fsp3) is 0.0909. The molecule has 2 N–H and O–H groups in total. The molecule has 0 radical (unpaired) electrons. The number of anilines is 1. The Morgan fingerprint density at radius 2 is 1.67 bits per heavy atom.